The van der Waals surface area contributed by atoms with Gasteiger partial charge in [-0.2, -0.15) is 0 Å². The SMILES string of the molecule is C[C@]12CCC3C4=C(CCC3C1C1CC1[C@@]21CCC(=O)O1)C(Cl)=C(N)CC4. The zero-order valence-corrected chi connectivity index (χ0v) is 16.3. The molecule has 0 radical (unpaired) electrons. The van der Waals surface area contributed by atoms with Crippen molar-refractivity contribution >= 4 is 17.6 Å². The van der Waals surface area contributed by atoms with Crippen LogP contribution >= 0.6 is 11.6 Å². The molecule has 3 saturated carbocycles. The molecule has 0 bridgehead atoms. The van der Waals surface area contributed by atoms with Crippen molar-refractivity contribution in [3.63, 3.8) is 0 Å². The van der Waals surface area contributed by atoms with Crippen LogP contribution in [0, 0.1) is 35.0 Å². The van der Waals surface area contributed by atoms with Gasteiger partial charge in [0.25, 0.3) is 0 Å². The van der Waals surface area contributed by atoms with E-state index in [4.69, 9.17) is 22.1 Å². The Bertz CT molecular complexity index is 785. The lowest BCUT2D eigenvalue weighted by Gasteiger charge is -2.55. The highest BCUT2D eigenvalue weighted by Gasteiger charge is 2.78. The fourth-order valence-electron chi connectivity index (χ4n) is 8.34. The number of halogens is 1. The third-order valence-electron chi connectivity index (χ3n) is 9.33. The summed E-state index contributed by atoms with van der Waals surface area (Å²) in [7, 11) is 0. The van der Waals surface area contributed by atoms with Crippen molar-refractivity contribution in [3.8, 4) is 0 Å². The van der Waals surface area contributed by atoms with Crippen molar-refractivity contribution in [1.82, 2.24) is 0 Å². The van der Waals surface area contributed by atoms with Gasteiger partial charge in [0.2, 0.25) is 0 Å². The van der Waals surface area contributed by atoms with Crippen LogP contribution in [0.4, 0.5) is 0 Å². The third kappa shape index (κ3) is 1.70. The van der Waals surface area contributed by atoms with Crippen LogP contribution in [0.2, 0.25) is 0 Å². The number of carbonyl (C=O) groups excluding carboxylic acids is 1. The molecule has 1 aliphatic heterocycles. The highest BCUT2D eigenvalue weighted by Crippen LogP contribution is 2.78. The molecule has 0 aromatic carbocycles. The monoisotopic (exact) mass is 373 g/mol. The molecule has 6 aliphatic rings. The summed E-state index contributed by atoms with van der Waals surface area (Å²) < 4.78 is 6.16. The van der Waals surface area contributed by atoms with Crippen LogP contribution in [0.5, 0.6) is 0 Å². The van der Waals surface area contributed by atoms with Crippen LogP contribution in [0.3, 0.4) is 0 Å². The van der Waals surface area contributed by atoms with E-state index in [9.17, 15) is 4.79 Å². The number of allylic oxidation sites excluding steroid dienone is 4. The van der Waals surface area contributed by atoms with E-state index >= 15 is 0 Å². The summed E-state index contributed by atoms with van der Waals surface area (Å²) in [4.78, 5) is 12.1. The number of hydrogen-bond donors (Lipinski definition) is 1. The van der Waals surface area contributed by atoms with Gasteiger partial charge in [-0.25, -0.2) is 0 Å². The number of rotatable bonds is 0. The summed E-state index contributed by atoms with van der Waals surface area (Å²) in [5, 5.41) is 0.870. The van der Waals surface area contributed by atoms with Gasteiger partial charge in [-0.1, -0.05) is 24.1 Å². The van der Waals surface area contributed by atoms with E-state index in [1.165, 1.54) is 31.3 Å². The first-order valence-corrected chi connectivity index (χ1v) is 10.9. The Hall–Kier alpha value is -0.960. The Morgan fingerprint density at radius 2 is 1.96 bits per heavy atom. The van der Waals surface area contributed by atoms with Gasteiger partial charge >= 0.3 is 5.97 Å². The molecule has 5 unspecified atom stereocenters. The zero-order valence-electron chi connectivity index (χ0n) is 15.5. The Balaban J connectivity index is 1.40. The molecule has 5 aliphatic carbocycles. The minimum absolute atomic E-state index is 0.0490. The summed E-state index contributed by atoms with van der Waals surface area (Å²) in [6, 6.07) is 0. The van der Waals surface area contributed by atoms with E-state index < -0.39 is 0 Å². The van der Waals surface area contributed by atoms with Gasteiger partial charge in [-0.3, -0.25) is 4.79 Å². The number of ether oxygens (including phenoxy) is 1. The van der Waals surface area contributed by atoms with Gasteiger partial charge < -0.3 is 10.5 Å². The molecule has 140 valence electrons. The van der Waals surface area contributed by atoms with Crippen molar-refractivity contribution < 1.29 is 9.53 Å². The van der Waals surface area contributed by atoms with Crippen molar-refractivity contribution in [2.75, 3.05) is 0 Å². The maximum Gasteiger partial charge on any atom is 0.306 e. The summed E-state index contributed by atoms with van der Waals surface area (Å²) >= 11 is 6.60. The normalized spacial score (nSPS) is 51.8. The molecule has 6 rings (SSSR count). The van der Waals surface area contributed by atoms with E-state index in [-0.39, 0.29) is 17.0 Å². The molecule has 26 heavy (non-hydrogen) atoms. The lowest BCUT2D eigenvalue weighted by molar-refractivity contribution is -0.171. The summed E-state index contributed by atoms with van der Waals surface area (Å²) in [5.74, 6) is 3.66. The van der Waals surface area contributed by atoms with E-state index in [1.807, 2.05) is 0 Å². The third-order valence-corrected chi connectivity index (χ3v) is 9.80. The summed E-state index contributed by atoms with van der Waals surface area (Å²) in [6.07, 6.45) is 9.69. The zero-order chi connectivity index (χ0) is 17.8. The second-order valence-corrected chi connectivity index (χ2v) is 10.4. The number of nitrogens with two attached hydrogens (primary N) is 1. The molecule has 2 N–H and O–H groups in total. The van der Waals surface area contributed by atoms with Gasteiger partial charge in [-0.15, -0.1) is 0 Å². The number of esters is 1. The predicted octanol–water partition coefficient (Wildman–Crippen LogP) is 4.65. The smallest absolute Gasteiger partial charge is 0.306 e. The highest BCUT2D eigenvalue weighted by atomic mass is 35.5. The molecule has 7 atom stereocenters. The predicted molar refractivity (Wildman–Crippen MR) is 100 cm³/mol. The van der Waals surface area contributed by atoms with Gasteiger partial charge in [0.05, 0.1) is 5.03 Å². The summed E-state index contributed by atoms with van der Waals surface area (Å²) in [6.45, 7) is 2.47. The molecule has 4 fully saturated rings. The quantitative estimate of drug-likeness (QED) is 0.628. The molecule has 4 heteroatoms. The number of hydrogen-bond acceptors (Lipinski definition) is 3. The van der Waals surface area contributed by atoms with Gasteiger partial charge in [-0.05, 0) is 80.6 Å². The highest BCUT2D eigenvalue weighted by molar-refractivity contribution is 6.32. The fraction of sp³-hybridized carbons (Fsp3) is 0.773. The van der Waals surface area contributed by atoms with Gasteiger partial charge in [0.15, 0.2) is 0 Å². The fourth-order valence-corrected chi connectivity index (χ4v) is 8.65. The Morgan fingerprint density at radius 1 is 1.12 bits per heavy atom. The van der Waals surface area contributed by atoms with Crippen molar-refractivity contribution in [2.45, 2.75) is 70.3 Å². The molecule has 0 aromatic rings. The van der Waals surface area contributed by atoms with Crippen LogP contribution in [0.15, 0.2) is 21.9 Å². The van der Waals surface area contributed by atoms with E-state index in [1.54, 1.807) is 5.57 Å². The molecular formula is C22H28ClNO2. The molecule has 1 spiro atoms. The van der Waals surface area contributed by atoms with Crippen molar-refractivity contribution in [3.05, 3.63) is 21.9 Å². The lowest BCUT2D eigenvalue weighted by Crippen LogP contribution is -2.54. The molecule has 0 aromatic heterocycles. The second kappa shape index (κ2) is 4.90. The minimum atomic E-state index is -0.131. The topological polar surface area (TPSA) is 52.3 Å². The average Bonchev–Trinajstić information content (AvgIpc) is 3.26. The average molecular weight is 374 g/mol. The minimum Gasteiger partial charge on any atom is -0.458 e. The van der Waals surface area contributed by atoms with Gasteiger partial charge in [0.1, 0.15) is 5.60 Å². The van der Waals surface area contributed by atoms with Crippen LogP contribution in [-0.4, -0.2) is 11.6 Å². The van der Waals surface area contributed by atoms with Crippen LogP contribution in [0.1, 0.15) is 64.7 Å². The van der Waals surface area contributed by atoms with E-state index in [0.717, 1.165) is 54.2 Å². The van der Waals surface area contributed by atoms with Crippen molar-refractivity contribution in [2.24, 2.45) is 40.7 Å². The Kier molecular flexibility index (Phi) is 3.02. The Labute approximate surface area is 160 Å². The molecular weight excluding hydrogens is 346 g/mol. The first-order chi connectivity index (χ1) is 12.5. The molecule has 1 heterocycles. The van der Waals surface area contributed by atoms with Crippen molar-refractivity contribution in [1.29, 1.82) is 0 Å². The number of fused-ring (bicyclic) bond motifs is 8. The lowest BCUT2D eigenvalue weighted by atomic mass is 9.50. The van der Waals surface area contributed by atoms with E-state index in [2.05, 4.69) is 6.92 Å². The first-order valence-electron chi connectivity index (χ1n) is 10.5. The molecule has 0 amide bonds. The number of carbonyl (C=O) groups is 1. The van der Waals surface area contributed by atoms with Crippen LogP contribution in [-0.2, 0) is 9.53 Å². The summed E-state index contributed by atoms with van der Waals surface area (Å²) in [5.41, 5.74) is 10.1. The van der Waals surface area contributed by atoms with E-state index in [0.29, 0.717) is 18.3 Å². The standard InChI is InChI=1S/C22H28ClNO2/c1-21-8-6-12-11-4-5-17(24)20(23)14(11)3-2-13(12)19(21)15-10-16(15)22(21)9-7-18(25)26-22/h12-13,15-16,19H,2-10,24H2,1H3/t12?,13?,15?,16?,19?,21-,22-/m0/s1. The maximum absolute atomic E-state index is 12.1. The first kappa shape index (κ1) is 16.0. The van der Waals surface area contributed by atoms with Crippen LogP contribution in [0.25, 0.3) is 0 Å². The molecule has 1 saturated heterocycles. The second-order valence-electron chi connectivity index (χ2n) is 10.0. The van der Waals surface area contributed by atoms with Gasteiger partial charge in [0, 0.05) is 23.5 Å². The maximum atomic E-state index is 12.1. The molecule has 3 nitrogen and oxygen atoms in total. The Morgan fingerprint density at radius 3 is 2.73 bits per heavy atom. The van der Waals surface area contributed by atoms with Crippen LogP contribution < -0.4 is 5.73 Å². The largest absolute Gasteiger partial charge is 0.458 e.